The van der Waals surface area contributed by atoms with Crippen molar-refractivity contribution in [2.45, 2.75) is 37.8 Å². The van der Waals surface area contributed by atoms with Gasteiger partial charge in [-0.1, -0.05) is 30.7 Å². The van der Waals surface area contributed by atoms with Gasteiger partial charge in [0.2, 0.25) is 5.91 Å². The molecule has 10 nitrogen and oxygen atoms in total. The molecule has 4 aromatic rings. The average molecular weight is 540 g/mol. The van der Waals surface area contributed by atoms with Gasteiger partial charge in [-0.15, -0.1) is 0 Å². The number of rotatable bonds is 8. The number of nitrogens with zero attached hydrogens (tertiary/aromatic N) is 6. The number of nitrogens with two attached hydrogens (primary N) is 1. The highest BCUT2D eigenvalue weighted by Gasteiger charge is 2.31. The highest BCUT2D eigenvalue weighted by atomic mass is 16.5. The van der Waals surface area contributed by atoms with Crippen LogP contribution in [-0.2, 0) is 4.79 Å². The Morgan fingerprint density at radius 2 is 1.82 bits per heavy atom. The molecular formula is C30H33N7O3. The van der Waals surface area contributed by atoms with Crippen LogP contribution in [0.1, 0.15) is 31.7 Å². The molecule has 2 aliphatic rings. The predicted octanol–water partition coefficient (Wildman–Crippen LogP) is 3.77. The van der Waals surface area contributed by atoms with Crippen molar-refractivity contribution < 1.29 is 9.53 Å². The maximum absolute atomic E-state index is 13.9. The number of fused-ring (bicyclic) bond motifs is 1. The summed E-state index contributed by atoms with van der Waals surface area (Å²) in [5.41, 5.74) is 7.54. The number of benzene rings is 2. The summed E-state index contributed by atoms with van der Waals surface area (Å²) in [7, 11) is 2.10. The van der Waals surface area contributed by atoms with Crippen molar-refractivity contribution in [2.75, 3.05) is 32.4 Å². The lowest BCUT2D eigenvalue weighted by Crippen LogP contribution is -2.37. The van der Waals surface area contributed by atoms with Crippen molar-refractivity contribution in [1.82, 2.24) is 28.9 Å². The molecule has 1 atom stereocenters. The van der Waals surface area contributed by atoms with Crippen LogP contribution in [0.3, 0.4) is 0 Å². The maximum Gasteiger partial charge on any atom is 0.335 e. The third-order valence-corrected chi connectivity index (χ3v) is 7.95. The number of likely N-dealkylation sites (tertiary alicyclic amines) is 1. The van der Waals surface area contributed by atoms with E-state index in [1.807, 2.05) is 60.7 Å². The Morgan fingerprint density at radius 1 is 1.07 bits per heavy atom. The zero-order valence-corrected chi connectivity index (χ0v) is 22.5. The average Bonchev–Trinajstić information content (AvgIpc) is 3.52. The van der Waals surface area contributed by atoms with Crippen LogP contribution in [0.5, 0.6) is 11.5 Å². The second-order valence-electron chi connectivity index (χ2n) is 10.5. The molecule has 0 spiro atoms. The molecule has 10 heteroatoms. The predicted molar refractivity (Wildman–Crippen MR) is 154 cm³/mol. The molecule has 1 aliphatic carbocycles. The van der Waals surface area contributed by atoms with Gasteiger partial charge in [0.25, 0.3) is 0 Å². The molecular weight excluding hydrogens is 506 g/mol. The Balaban J connectivity index is 1.23. The lowest BCUT2D eigenvalue weighted by Gasteiger charge is -2.33. The molecule has 1 amide bonds. The van der Waals surface area contributed by atoms with Gasteiger partial charge in [-0.25, -0.2) is 14.8 Å². The fourth-order valence-corrected chi connectivity index (χ4v) is 5.48. The number of imidazole rings is 1. The van der Waals surface area contributed by atoms with Crippen molar-refractivity contribution in [3.05, 3.63) is 83.6 Å². The molecule has 0 radical (unpaired) electrons. The summed E-state index contributed by atoms with van der Waals surface area (Å²) in [5, 5.41) is 0. The van der Waals surface area contributed by atoms with E-state index in [0.29, 0.717) is 48.2 Å². The van der Waals surface area contributed by atoms with Crippen LogP contribution in [-0.4, -0.2) is 67.5 Å². The minimum absolute atomic E-state index is 0.0376. The molecule has 2 N–H and O–H groups in total. The van der Waals surface area contributed by atoms with Gasteiger partial charge in [-0.05, 0) is 62.7 Å². The summed E-state index contributed by atoms with van der Waals surface area (Å²) in [6.45, 7) is 1.75. The summed E-state index contributed by atoms with van der Waals surface area (Å²) in [5.74, 6) is 1.55. The number of anilines is 1. The van der Waals surface area contributed by atoms with E-state index < -0.39 is 0 Å². The number of carbonyl (C=O) groups excluding carboxylic acids is 1. The van der Waals surface area contributed by atoms with Crippen LogP contribution in [0.25, 0.3) is 16.9 Å². The van der Waals surface area contributed by atoms with Crippen molar-refractivity contribution >= 4 is 22.9 Å². The molecule has 2 aromatic heterocycles. The molecule has 1 saturated carbocycles. The molecule has 2 fully saturated rings. The van der Waals surface area contributed by atoms with Gasteiger partial charge in [-0.2, -0.15) is 0 Å². The van der Waals surface area contributed by atoms with Crippen molar-refractivity contribution in [3.63, 3.8) is 0 Å². The SMILES string of the molecule is CN(CC=CC(=O)N1CCC(n2c(=O)n(-c3ccc(Oc4ccccc4)cc3)c3c(N)ncnc32)C1)C1CCC1. The van der Waals surface area contributed by atoms with Gasteiger partial charge in [0, 0.05) is 31.8 Å². The number of carbonyl (C=O) groups is 1. The van der Waals surface area contributed by atoms with E-state index in [4.69, 9.17) is 10.5 Å². The highest BCUT2D eigenvalue weighted by molar-refractivity contribution is 5.88. The Morgan fingerprint density at radius 3 is 2.55 bits per heavy atom. The summed E-state index contributed by atoms with van der Waals surface area (Å²) in [6.07, 6.45) is 9.35. The van der Waals surface area contributed by atoms with E-state index in [-0.39, 0.29) is 23.5 Å². The molecule has 1 unspecified atom stereocenters. The normalized spacial score (nSPS) is 17.6. The van der Waals surface area contributed by atoms with E-state index in [0.717, 1.165) is 12.3 Å². The number of likely N-dealkylation sites (N-methyl/N-ethyl adjacent to an activating group) is 1. The Hall–Kier alpha value is -4.44. The number of amides is 1. The Kier molecular flexibility index (Phi) is 7.08. The van der Waals surface area contributed by atoms with Gasteiger partial charge in [0.1, 0.15) is 23.3 Å². The first-order valence-corrected chi connectivity index (χ1v) is 13.7. The lowest BCUT2D eigenvalue weighted by molar-refractivity contribution is -0.125. The Labute approximate surface area is 232 Å². The fourth-order valence-electron chi connectivity index (χ4n) is 5.48. The maximum atomic E-state index is 13.9. The van der Waals surface area contributed by atoms with E-state index in [1.165, 1.54) is 30.2 Å². The summed E-state index contributed by atoms with van der Waals surface area (Å²) >= 11 is 0. The summed E-state index contributed by atoms with van der Waals surface area (Å²) < 4.78 is 9.10. The molecule has 0 bridgehead atoms. The molecule has 1 saturated heterocycles. The lowest BCUT2D eigenvalue weighted by atomic mass is 9.92. The summed E-state index contributed by atoms with van der Waals surface area (Å²) in [4.78, 5) is 39.5. The smallest absolute Gasteiger partial charge is 0.335 e. The van der Waals surface area contributed by atoms with Gasteiger partial charge < -0.3 is 15.4 Å². The fraction of sp³-hybridized carbons (Fsp3) is 0.333. The van der Waals surface area contributed by atoms with Gasteiger partial charge in [-0.3, -0.25) is 18.8 Å². The van der Waals surface area contributed by atoms with Gasteiger partial charge >= 0.3 is 5.69 Å². The van der Waals surface area contributed by atoms with E-state index in [1.54, 1.807) is 15.5 Å². The van der Waals surface area contributed by atoms with E-state index >= 15 is 0 Å². The third-order valence-electron chi connectivity index (χ3n) is 7.95. The monoisotopic (exact) mass is 539 g/mol. The third kappa shape index (κ3) is 4.98. The minimum atomic E-state index is -0.268. The quantitative estimate of drug-likeness (QED) is 0.339. The minimum Gasteiger partial charge on any atom is -0.457 e. The van der Waals surface area contributed by atoms with Crippen LogP contribution in [0.4, 0.5) is 5.82 Å². The largest absolute Gasteiger partial charge is 0.457 e. The van der Waals surface area contributed by atoms with Crippen LogP contribution in [0.15, 0.2) is 77.9 Å². The van der Waals surface area contributed by atoms with Gasteiger partial charge in [0.05, 0.1) is 11.7 Å². The summed E-state index contributed by atoms with van der Waals surface area (Å²) in [6, 6.07) is 17.1. The number of hydrogen-bond acceptors (Lipinski definition) is 7. The zero-order valence-electron chi connectivity index (χ0n) is 22.5. The van der Waals surface area contributed by atoms with Crippen molar-refractivity contribution in [2.24, 2.45) is 0 Å². The van der Waals surface area contributed by atoms with E-state index in [9.17, 15) is 9.59 Å². The number of hydrogen-bond donors (Lipinski definition) is 1. The first kappa shape index (κ1) is 25.8. The number of aromatic nitrogens is 4. The topological polar surface area (TPSA) is 112 Å². The van der Waals surface area contributed by atoms with Crippen LogP contribution < -0.4 is 16.2 Å². The molecule has 1 aliphatic heterocycles. The standard InChI is InChI=1S/C30H33N7O3/c1-34(21-7-5-8-21)17-6-11-26(38)35-18-16-23(19-35)37-29-27(28(31)32-20-33-29)36(30(37)39)22-12-14-25(15-13-22)40-24-9-3-2-4-10-24/h2-4,6,9-15,20-21,23H,5,7-8,16-19H2,1H3,(H2,31,32,33). The number of nitrogen functional groups attached to an aromatic ring is 1. The first-order valence-electron chi connectivity index (χ1n) is 13.7. The number of para-hydroxylation sites is 1. The van der Waals surface area contributed by atoms with Crippen LogP contribution >= 0.6 is 0 Å². The van der Waals surface area contributed by atoms with E-state index in [2.05, 4.69) is 21.9 Å². The second kappa shape index (κ2) is 11.0. The van der Waals surface area contributed by atoms with Crippen molar-refractivity contribution in [1.29, 1.82) is 0 Å². The first-order chi connectivity index (χ1) is 19.5. The number of ether oxygens (including phenoxy) is 1. The second-order valence-corrected chi connectivity index (χ2v) is 10.5. The molecule has 6 rings (SSSR count). The van der Waals surface area contributed by atoms with Crippen LogP contribution in [0, 0.1) is 0 Å². The molecule has 40 heavy (non-hydrogen) atoms. The molecule has 2 aromatic carbocycles. The molecule has 206 valence electrons. The van der Waals surface area contributed by atoms with Crippen molar-refractivity contribution in [3.8, 4) is 17.2 Å². The Bertz CT molecular complexity index is 1590. The van der Waals surface area contributed by atoms with Gasteiger partial charge in [0.15, 0.2) is 11.5 Å². The molecule has 3 heterocycles. The van der Waals surface area contributed by atoms with Crippen LogP contribution in [0.2, 0.25) is 0 Å². The zero-order chi connectivity index (χ0) is 27.6. The highest BCUT2D eigenvalue weighted by Crippen LogP contribution is 2.29.